The summed E-state index contributed by atoms with van der Waals surface area (Å²) in [5.41, 5.74) is 0. The molecular weight excluding hydrogens is 176 g/mol. The Hall–Kier alpha value is -0.570. The maximum absolute atomic E-state index is 11.8. The van der Waals surface area contributed by atoms with Crippen molar-refractivity contribution < 1.29 is 4.79 Å². The van der Waals surface area contributed by atoms with Gasteiger partial charge in [-0.1, -0.05) is 6.42 Å². The Bertz CT molecular complexity index is 207. The van der Waals surface area contributed by atoms with Crippen LogP contribution in [0.1, 0.15) is 39.0 Å². The summed E-state index contributed by atoms with van der Waals surface area (Å²) in [6, 6.07) is 0.455. The minimum Gasteiger partial charge on any atom is -0.352 e. The van der Waals surface area contributed by atoms with E-state index in [0.717, 1.165) is 18.9 Å². The van der Waals surface area contributed by atoms with Gasteiger partial charge in [-0.25, -0.2) is 0 Å². The molecule has 1 aliphatic carbocycles. The van der Waals surface area contributed by atoms with E-state index in [1.165, 1.54) is 25.7 Å². The second kappa shape index (κ2) is 4.30. The van der Waals surface area contributed by atoms with Crippen LogP contribution in [0.4, 0.5) is 0 Å². The van der Waals surface area contributed by atoms with Gasteiger partial charge in [0.15, 0.2) is 0 Å². The Morgan fingerprint density at radius 1 is 1.36 bits per heavy atom. The first kappa shape index (κ1) is 9.97. The molecule has 1 amide bonds. The fraction of sp³-hybridized carbons (Fsp3) is 0.909. The molecule has 1 aliphatic heterocycles. The van der Waals surface area contributed by atoms with Crippen molar-refractivity contribution in [2.45, 2.75) is 51.1 Å². The minimum absolute atomic E-state index is 0.0740. The van der Waals surface area contributed by atoms with E-state index in [9.17, 15) is 4.79 Å². The molecule has 2 aliphatic rings. The SMILES string of the molecule is CC(NC(=O)C1CCCCN1)C1CC1. The molecule has 0 aromatic carbocycles. The quantitative estimate of drug-likeness (QED) is 0.708. The molecule has 2 N–H and O–H groups in total. The van der Waals surface area contributed by atoms with Gasteiger partial charge < -0.3 is 10.6 Å². The number of rotatable bonds is 3. The van der Waals surface area contributed by atoms with Gasteiger partial charge >= 0.3 is 0 Å². The Balaban J connectivity index is 1.75. The smallest absolute Gasteiger partial charge is 0.237 e. The van der Waals surface area contributed by atoms with E-state index < -0.39 is 0 Å². The Morgan fingerprint density at radius 2 is 2.14 bits per heavy atom. The second-order valence-electron chi connectivity index (χ2n) is 4.64. The summed E-state index contributed by atoms with van der Waals surface area (Å²) in [4.78, 5) is 11.8. The molecule has 0 aromatic rings. The normalized spacial score (nSPS) is 29.6. The lowest BCUT2D eigenvalue weighted by Crippen LogP contribution is -2.49. The average molecular weight is 196 g/mol. The summed E-state index contributed by atoms with van der Waals surface area (Å²) < 4.78 is 0. The molecule has 14 heavy (non-hydrogen) atoms. The van der Waals surface area contributed by atoms with E-state index >= 15 is 0 Å². The fourth-order valence-electron chi connectivity index (χ4n) is 2.11. The third-order valence-electron chi connectivity index (χ3n) is 3.33. The van der Waals surface area contributed by atoms with Crippen LogP contribution in [0.2, 0.25) is 0 Å². The molecule has 3 heteroatoms. The fourth-order valence-corrected chi connectivity index (χ4v) is 2.11. The maximum Gasteiger partial charge on any atom is 0.237 e. The largest absolute Gasteiger partial charge is 0.352 e. The van der Waals surface area contributed by atoms with Gasteiger partial charge in [-0.15, -0.1) is 0 Å². The highest BCUT2D eigenvalue weighted by Gasteiger charge is 2.30. The average Bonchev–Trinajstić information content (AvgIpc) is 3.02. The van der Waals surface area contributed by atoms with Crippen molar-refractivity contribution in [3.05, 3.63) is 0 Å². The standard InChI is InChI=1S/C11H20N2O/c1-8(9-5-6-9)13-11(14)10-4-2-3-7-12-10/h8-10,12H,2-7H2,1H3,(H,13,14). The first-order chi connectivity index (χ1) is 6.77. The maximum atomic E-state index is 11.8. The summed E-state index contributed by atoms with van der Waals surface area (Å²) in [5, 5.41) is 6.38. The molecule has 1 saturated heterocycles. The molecule has 2 fully saturated rings. The van der Waals surface area contributed by atoms with E-state index in [1.54, 1.807) is 0 Å². The molecule has 80 valence electrons. The van der Waals surface area contributed by atoms with Crippen LogP contribution in [0.5, 0.6) is 0 Å². The molecule has 0 bridgehead atoms. The van der Waals surface area contributed by atoms with Crippen LogP contribution in [0, 0.1) is 5.92 Å². The summed E-state index contributed by atoms with van der Waals surface area (Å²) in [7, 11) is 0. The molecule has 3 nitrogen and oxygen atoms in total. The Morgan fingerprint density at radius 3 is 2.71 bits per heavy atom. The van der Waals surface area contributed by atoms with Gasteiger partial charge in [0.1, 0.15) is 0 Å². The number of carbonyl (C=O) groups is 1. The van der Waals surface area contributed by atoms with Crippen LogP contribution in [0.3, 0.4) is 0 Å². The van der Waals surface area contributed by atoms with Crippen LogP contribution in [-0.2, 0) is 4.79 Å². The highest BCUT2D eigenvalue weighted by molar-refractivity contribution is 5.82. The molecule has 0 radical (unpaired) electrons. The van der Waals surface area contributed by atoms with Gasteiger partial charge in [0.25, 0.3) is 0 Å². The first-order valence-electron chi connectivity index (χ1n) is 5.81. The first-order valence-corrected chi connectivity index (χ1v) is 5.81. The van der Waals surface area contributed by atoms with E-state index in [0.29, 0.717) is 6.04 Å². The number of hydrogen-bond donors (Lipinski definition) is 2. The monoisotopic (exact) mass is 196 g/mol. The number of hydrogen-bond acceptors (Lipinski definition) is 2. The van der Waals surface area contributed by atoms with Crippen LogP contribution in [0.15, 0.2) is 0 Å². The number of amides is 1. The molecule has 0 spiro atoms. The minimum atomic E-state index is 0.0740. The lowest BCUT2D eigenvalue weighted by molar-refractivity contribution is -0.124. The van der Waals surface area contributed by atoms with Crippen molar-refractivity contribution in [1.82, 2.24) is 10.6 Å². The summed E-state index contributed by atoms with van der Waals surface area (Å²) in [6.07, 6.45) is 5.98. The molecule has 2 rings (SSSR count). The highest BCUT2D eigenvalue weighted by atomic mass is 16.2. The lowest BCUT2D eigenvalue weighted by Gasteiger charge is -2.24. The molecule has 1 saturated carbocycles. The predicted octanol–water partition coefficient (Wildman–Crippen LogP) is 1.04. The number of piperidine rings is 1. The molecule has 1 heterocycles. The van der Waals surface area contributed by atoms with E-state index in [2.05, 4.69) is 17.6 Å². The highest BCUT2D eigenvalue weighted by Crippen LogP contribution is 2.32. The summed E-state index contributed by atoms with van der Waals surface area (Å²) in [5.74, 6) is 0.964. The zero-order valence-corrected chi connectivity index (χ0v) is 8.88. The summed E-state index contributed by atoms with van der Waals surface area (Å²) in [6.45, 7) is 3.12. The number of carbonyl (C=O) groups excluding carboxylic acids is 1. The predicted molar refractivity (Wildman–Crippen MR) is 56.0 cm³/mol. The van der Waals surface area contributed by atoms with Crippen LogP contribution >= 0.6 is 0 Å². The van der Waals surface area contributed by atoms with Crippen molar-refractivity contribution >= 4 is 5.91 Å². The van der Waals surface area contributed by atoms with Crippen molar-refractivity contribution in [2.75, 3.05) is 6.54 Å². The molecule has 2 atom stereocenters. The van der Waals surface area contributed by atoms with Crippen molar-refractivity contribution in [1.29, 1.82) is 0 Å². The van der Waals surface area contributed by atoms with Gasteiger partial charge in [-0.05, 0) is 45.1 Å². The van der Waals surface area contributed by atoms with Crippen LogP contribution < -0.4 is 10.6 Å². The Kier molecular flexibility index (Phi) is 3.06. The van der Waals surface area contributed by atoms with Crippen molar-refractivity contribution in [3.8, 4) is 0 Å². The topological polar surface area (TPSA) is 41.1 Å². The van der Waals surface area contributed by atoms with Crippen molar-refractivity contribution in [2.24, 2.45) is 5.92 Å². The van der Waals surface area contributed by atoms with Crippen LogP contribution in [-0.4, -0.2) is 24.5 Å². The Labute approximate surface area is 85.6 Å². The third-order valence-corrected chi connectivity index (χ3v) is 3.33. The number of nitrogens with one attached hydrogen (secondary N) is 2. The van der Waals surface area contributed by atoms with Gasteiger partial charge in [0, 0.05) is 6.04 Å². The van der Waals surface area contributed by atoms with E-state index in [4.69, 9.17) is 0 Å². The van der Waals surface area contributed by atoms with Gasteiger partial charge in [-0.3, -0.25) is 4.79 Å². The zero-order chi connectivity index (χ0) is 9.97. The summed E-state index contributed by atoms with van der Waals surface area (Å²) >= 11 is 0. The zero-order valence-electron chi connectivity index (χ0n) is 8.88. The molecule has 0 aromatic heterocycles. The van der Waals surface area contributed by atoms with Crippen molar-refractivity contribution in [3.63, 3.8) is 0 Å². The van der Waals surface area contributed by atoms with Gasteiger partial charge in [0.2, 0.25) is 5.91 Å². The van der Waals surface area contributed by atoms with E-state index in [-0.39, 0.29) is 11.9 Å². The van der Waals surface area contributed by atoms with Crippen LogP contribution in [0.25, 0.3) is 0 Å². The third kappa shape index (κ3) is 2.47. The molecule has 2 unspecified atom stereocenters. The van der Waals surface area contributed by atoms with Gasteiger partial charge in [-0.2, -0.15) is 0 Å². The second-order valence-corrected chi connectivity index (χ2v) is 4.64. The van der Waals surface area contributed by atoms with Gasteiger partial charge in [0.05, 0.1) is 6.04 Å². The van der Waals surface area contributed by atoms with E-state index in [1.807, 2.05) is 0 Å². The molecular formula is C11H20N2O. The lowest BCUT2D eigenvalue weighted by atomic mass is 10.0.